The van der Waals surface area contributed by atoms with Crippen LogP contribution in [0.1, 0.15) is 12.5 Å². The number of ether oxygens (including phenoxy) is 1. The van der Waals surface area contributed by atoms with Crippen molar-refractivity contribution in [2.75, 3.05) is 11.9 Å². The van der Waals surface area contributed by atoms with E-state index in [0.717, 1.165) is 6.92 Å². The van der Waals surface area contributed by atoms with Crippen LogP contribution >= 0.6 is 0 Å². The maximum Gasteiger partial charge on any atom is 0.270 e. The van der Waals surface area contributed by atoms with E-state index < -0.39 is 5.92 Å². The predicted molar refractivity (Wildman–Crippen MR) is 54.4 cm³/mol. The van der Waals surface area contributed by atoms with Crippen molar-refractivity contribution >= 4 is 11.6 Å². The number of benzene rings is 1. The van der Waals surface area contributed by atoms with E-state index >= 15 is 0 Å². The lowest BCUT2D eigenvalue weighted by Crippen LogP contribution is -2.17. The molecule has 0 aromatic heterocycles. The molecule has 1 aliphatic heterocycles. The van der Waals surface area contributed by atoms with E-state index in [1.807, 2.05) is 0 Å². The zero-order valence-corrected chi connectivity index (χ0v) is 8.67. The molecule has 16 heavy (non-hydrogen) atoms. The summed E-state index contributed by atoms with van der Waals surface area (Å²) in [5.74, 6) is -3.10. The SMILES string of the molecule is CC(F)(F)c1ccc(NC(=O)[C@@H]2CO2)cc1. The van der Waals surface area contributed by atoms with Crippen molar-refractivity contribution in [2.24, 2.45) is 0 Å². The van der Waals surface area contributed by atoms with Gasteiger partial charge in [0.05, 0.1) is 6.61 Å². The number of nitrogens with one attached hydrogen (secondary N) is 1. The van der Waals surface area contributed by atoms with E-state index in [1.165, 1.54) is 24.3 Å². The first kappa shape index (κ1) is 11.0. The Labute approximate surface area is 91.4 Å². The van der Waals surface area contributed by atoms with Crippen LogP contribution in [0.25, 0.3) is 0 Å². The maximum atomic E-state index is 12.9. The van der Waals surface area contributed by atoms with Gasteiger partial charge in [-0.3, -0.25) is 4.79 Å². The van der Waals surface area contributed by atoms with Gasteiger partial charge in [0.25, 0.3) is 11.8 Å². The largest absolute Gasteiger partial charge is 0.363 e. The van der Waals surface area contributed by atoms with Crippen LogP contribution in [0, 0.1) is 0 Å². The summed E-state index contributed by atoms with van der Waals surface area (Å²) in [6.45, 7) is 1.26. The number of halogens is 2. The van der Waals surface area contributed by atoms with Gasteiger partial charge >= 0.3 is 0 Å². The van der Waals surface area contributed by atoms with Crippen molar-refractivity contribution in [2.45, 2.75) is 19.0 Å². The fourth-order valence-corrected chi connectivity index (χ4v) is 1.27. The molecule has 2 rings (SSSR count). The van der Waals surface area contributed by atoms with E-state index in [1.54, 1.807) is 0 Å². The normalized spacial score (nSPS) is 19.3. The van der Waals surface area contributed by atoms with Crippen molar-refractivity contribution in [3.8, 4) is 0 Å². The molecule has 1 atom stereocenters. The van der Waals surface area contributed by atoms with E-state index in [9.17, 15) is 13.6 Å². The lowest BCUT2D eigenvalue weighted by Gasteiger charge is -2.11. The number of epoxide rings is 1. The molecule has 0 saturated carbocycles. The summed E-state index contributed by atoms with van der Waals surface area (Å²) >= 11 is 0. The maximum absolute atomic E-state index is 12.9. The van der Waals surface area contributed by atoms with Crippen molar-refractivity contribution < 1.29 is 18.3 Å². The number of carbonyl (C=O) groups excluding carboxylic acids is 1. The third-order valence-corrected chi connectivity index (χ3v) is 2.29. The Balaban J connectivity index is 2.04. The molecular formula is C11H11F2NO2. The van der Waals surface area contributed by atoms with Crippen LogP contribution < -0.4 is 5.32 Å². The molecule has 0 unspecified atom stereocenters. The zero-order valence-electron chi connectivity index (χ0n) is 8.67. The van der Waals surface area contributed by atoms with Gasteiger partial charge < -0.3 is 10.1 Å². The van der Waals surface area contributed by atoms with Gasteiger partial charge in [-0.15, -0.1) is 0 Å². The second-order valence-electron chi connectivity index (χ2n) is 3.78. The van der Waals surface area contributed by atoms with Crippen molar-refractivity contribution in [1.82, 2.24) is 0 Å². The molecule has 0 spiro atoms. The third-order valence-electron chi connectivity index (χ3n) is 2.29. The van der Waals surface area contributed by atoms with Crippen molar-refractivity contribution in [3.05, 3.63) is 29.8 Å². The molecule has 86 valence electrons. The van der Waals surface area contributed by atoms with Crippen LogP contribution in [0.2, 0.25) is 0 Å². The quantitative estimate of drug-likeness (QED) is 0.804. The van der Waals surface area contributed by atoms with Crippen LogP contribution in [-0.4, -0.2) is 18.6 Å². The molecule has 1 fully saturated rings. The number of hydrogen-bond donors (Lipinski definition) is 1. The molecule has 3 nitrogen and oxygen atoms in total. The molecular weight excluding hydrogens is 216 g/mol. The molecule has 0 radical (unpaired) electrons. The summed E-state index contributed by atoms with van der Waals surface area (Å²) in [4.78, 5) is 11.3. The Morgan fingerprint density at radius 1 is 1.44 bits per heavy atom. The highest BCUT2D eigenvalue weighted by Crippen LogP contribution is 2.27. The molecule has 1 N–H and O–H groups in total. The summed E-state index contributed by atoms with van der Waals surface area (Å²) < 4.78 is 30.5. The van der Waals surface area contributed by atoms with Gasteiger partial charge in [0.2, 0.25) is 0 Å². The molecule has 1 aliphatic rings. The highest BCUT2D eigenvalue weighted by molar-refractivity contribution is 5.95. The van der Waals surface area contributed by atoms with Gasteiger partial charge in [0, 0.05) is 18.2 Å². The van der Waals surface area contributed by atoms with Crippen molar-refractivity contribution in [1.29, 1.82) is 0 Å². The minimum Gasteiger partial charge on any atom is -0.363 e. The first-order valence-electron chi connectivity index (χ1n) is 4.87. The number of carbonyl (C=O) groups is 1. The molecule has 1 aromatic rings. The lowest BCUT2D eigenvalue weighted by molar-refractivity contribution is -0.117. The van der Waals surface area contributed by atoms with Crippen LogP contribution in [0.5, 0.6) is 0 Å². The number of amides is 1. The fourth-order valence-electron chi connectivity index (χ4n) is 1.27. The number of rotatable bonds is 3. The smallest absolute Gasteiger partial charge is 0.270 e. The molecule has 1 heterocycles. The van der Waals surface area contributed by atoms with Crippen molar-refractivity contribution in [3.63, 3.8) is 0 Å². The second kappa shape index (κ2) is 3.83. The highest BCUT2D eigenvalue weighted by atomic mass is 19.3. The van der Waals surface area contributed by atoms with Gasteiger partial charge in [-0.1, -0.05) is 12.1 Å². The van der Waals surface area contributed by atoms with E-state index in [4.69, 9.17) is 4.74 Å². The predicted octanol–water partition coefficient (Wildman–Crippen LogP) is 2.14. The highest BCUT2D eigenvalue weighted by Gasteiger charge is 2.31. The van der Waals surface area contributed by atoms with E-state index in [0.29, 0.717) is 12.3 Å². The lowest BCUT2D eigenvalue weighted by atomic mass is 10.1. The van der Waals surface area contributed by atoms with Crippen LogP contribution in [0.15, 0.2) is 24.3 Å². The minimum atomic E-state index is -2.86. The number of hydrogen-bond acceptors (Lipinski definition) is 2. The Morgan fingerprint density at radius 2 is 2.00 bits per heavy atom. The Hall–Kier alpha value is -1.49. The molecule has 5 heteroatoms. The van der Waals surface area contributed by atoms with E-state index in [-0.39, 0.29) is 17.6 Å². The molecule has 1 amide bonds. The Morgan fingerprint density at radius 3 is 2.44 bits per heavy atom. The Kier molecular flexibility index (Phi) is 2.63. The fraction of sp³-hybridized carbons (Fsp3) is 0.364. The topological polar surface area (TPSA) is 41.6 Å². The van der Waals surface area contributed by atoms with E-state index in [2.05, 4.69) is 5.32 Å². The van der Waals surface area contributed by atoms with Gasteiger partial charge in [-0.2, -0.15) is 0 Å². The minimum absolute atomic E-state index is 0.0758. The summed E-state index contributed by atoms with van der Waals surface area (Å²) in [5, 5.41) is 2.57. The standard InChI is InChI=1S/C11H11F2NO2/c1-11(12,13)7-2-4-8(5-3-7)14-10(15)9-6-16-9/h2-5,9H,6H2,1H3,(H,14,15)/t9-/m0/s1. The summed E-state index contributed by atoms with van der Waals surface area (Å²) in [6, 6.07) is 5.49. The van der Waals surface area contributed by atoms with Gasteiger partial charge in [0.1, 0.15) is 0 Å². The van der Waals surface area contributed by atoms with Gasteiger partial charge in [-0.05, 0) is 12.1 Å². The molecule has 1 saturated heterocycles. The summed E-state index contributed by atoms with van der Waals surface area (Å²) in [6.07, 6.45) is -0.382. The third kappa shape index (κ3) is 2.55. The second-order valence-corrected chi connectivity index (χ2v) is 3.78. The summed E-state index contributed by atoms with van der Waals surface area (Å²) in [7, 11) is 0. The van der Waals surface area contributed by atoms with Crippen LogP contribution in [0.4, 0.5) is 14.5 Å². The average Bonchev–Trinajstić information content (AvgIpc) is 3.00. The monoisotopic (exact) mass is 227 g/mol. The van der Waals surface area contributed by atoms with Crippen LogP contribution in [0.3, 0.4) is 0 Å². The number of anilines is 1. The van der Waals surface area contributed by atoms with Gasteiger partial charge in [-0.25, -0.2) is 8.78 Å². The summed E-state index contributed by atoms with van der Waals surface area (Å²) in [5.41, 5.74) is 0.418. The number of alkyl halides is 2. The molecule has 0 aliphatic carbocycles. The molecule has 1 aromatic carbocycles. The first-order chi connectivity index (χ1) is 7.47. The van der Waals surface area contributed by atoms with Crippen LogP contribution in [-0.2, 0) is 15.5 Å². The Bertz CT molecular complexity index is 393. The average molecular weight is 227 g/mol. The zero-order chi connectivity index (χ0) is 11.8. The molecule has 0 bridgehead atoms. The first-order valence-corrected chi connectivity index (χ1v) is 4.87. The van der Waals surface area contributed by atoms with Gasteiger partial charge in [0.15, 0.2) is 6.10 Å².